The number of nitrogens with one attached hydrogen (secondary N) is 2. The van der Waals surface area contributed by atoms with Crippen molar-refractivity contribution in [1.82, 2.24) is 15.2 Å². The molecule has 0 saturated heterocycles. The Morgan fingerprint density at radius 1 is 1.08 bits per heavy atom. The van der Waals surface area contributed by atoms with Crippen molar-refractivity contribution in [3.05, 3.63) is 77.4 Å². The molecule has 2 heterocycles. The molecule has 0 unspecified atom stereocenters. The fraction of sp³-hybridized carbons (Fsp3) is 0.167. The van der Waals surface area contributed by atoms with E-state index in [0.29, 0.717) is 5.69 Å². The average molecular weight is 322 g/mol. The van der Waals surface area contributed by atoms with Gasteiger partial charge in [-0.3, -0.25) is 15.4 Å². The predicted molar refractivity (Wildman–Crippen MR) is 90.6 cm³/mol. The van der Waals surface area contributed by atoms with Crippen LogP contribution in [0.5, 0.6) is 0 Å². The number of aromatic nitrogens is 3. The van der Waals surface area contributed by atoms with Crippen LogP contribution in [-0.4, -0.2) is 21.3 Å². The van der Waals surface area contributed by atoms with Gasteiger partial charge in [0, 0.05) is 29.3 Å². The molecule has 2 aromatic heterocycles. The first-order valence-electron chi connectivity index (χ1n) is 7.61. The zero-order chi connectivity index (χ0) is 16.8. The van der Waals surface area contributed by atoms with Crippen LogP contribution >= 0.6 is 0 Å². The van der Waals surface area contributed by atoms with Crippen molar-refractivity contribution in [3.63, 3.8) is 0 Å². The Bertz CT molecular complexity index is 781. The highest BCUT2D eigenvalue weighted by molar-refractivity contribution is 5.84. The predicted octanol–water partition coefficient (Wildman–Crippen LogP) is 3.45. The van der Waals surface area contributed by atoms with Gasteiger partial charge in [-0.1, -0.05) is 18.2 Å². The lowest BCUT2D eigenvalue weighted by Crippen LogP contribution is -2.13. The molecule has 0 aliphatic carbocycles. The Labute approximate surface area is 139 Å². The van der Waals surface area contributed by atoms with Crippen LogP contribution in [0.1, 0.15) is 22.4 Å². The van der Waals surface area contributed by atoms with Crippen molar-refractivity contribution in [2.75, 3.05) is 5.32 Å². The van der Waals surface area contributed by atoms with E-state index in [1.54, 1.807) is 12.4 Å². The minimum Gasteiger partial charge on any atom is -0.444 e. The maximum atomic E-state index is 11.7. The summed E-state index contributed by atoms with van der Waals surface area (Å²) in [7, 11) is 0. The van der Waals surface area contributed by atoms with Crippen LogP contribution in [-0.2, 0) is 17.8 Å². The van der Waals surface area contributed by atoms with Crippen LogP contribution in [0.4, 0.5) is 10.5 Å². The summed E-state index contributed by atoms with van der Waals surface area (Å²) < 4.78 is 5.11. The van der Waals surface area contributed by atoms with Gasteiger partial charge in [-0.2, -0.15) is 5.10 Å². The molecule has 0 saturated carbocycles. The summed E-state index contributed by atoms with van der Waals surface area (Å²) in [4.78, 5) is 16.0. The number of ether oxygens (including phenoxy) is 1. The van der Waals surface area contributed by atoms with Gasteiger partial charge in [0.1, 0.15) is 6.61 Å². The number of carbonyl (C=O) groups is 1. The van der Waals surface area contributed by atoms with E-state index in [9.17, 15) is 4.79 Å². The minimum absolute atomic E-state index is 0.181. The molecule has 0 aliphatic heterocycles. The van der Waals surface area contributed by atoms with E-state index in [4.69, 9.17) is 4.74 Å². The van der Waals surface area contributed by atoms with E-state index in [0.717, 1.165) is 28.8 Å². The Kier molecular flexibility index (Phi) is 4.86. The lowest BCUT2D eigenvalue weighted by Gasteiger charge is -2.07. The van der Waals surface area contributed by atoms with Crippen LogP contribution in [0.2, 0.25) is 0 Å². The van der Waals surface area contributed by atoms with Crippen LogP contribution in [0.15, 0.2) is 55.0 Å². The fourth-order valence-corrected chi connectivity index (χ4v) is 2.20. The Balaban J connectivity index is 1.52. The van der Waals surface area contributed by atoms with E-state index in [1.807, 2.05) is 43.5 Å². The highest BCUT2D eigenvalue weighted by Gasteiger charge is 2.05. The van der Waals surface area contributed by atoms with Gasteiger partial charge in [-0.15, -0.1) is 0 Å². The molecule has 6 heteroatoms. The summed E-state index contributed by atoms with van der Waals surface area (Å²) in [5, 5.41) is 9.16. The third-order valence-corrected chi connectivity index (χ3v) is 3.51. The molecule has 0 bridgehead atoms. The lowest BCUT2D eigenvalue weighted by atomic mass is 10.1. The van der Waals surface area contributed by atoms with Gasteiger partial charge in [0.25, 0.3) is 0 Å². The quantitative estimate of drug-likeness (QED) is 0.754. The van der Waals surface area contributed by atoms with Gasteiger partial charge in [0.05, 0.1) is 6.20 Å². The summed E-state index contributed by atoms with van der Waals surface area (Å²) >= 11 is 0. The van der Waals surface area contributed by atoms with Crippen molar-refractivity contribution in [3.8, 4) is 0 Å². The van der Waals surface area contributed by atoms with Gasteiger partial charge < -0.3 is 4.74 Å². The smallest absolute Gasteiger partial charge is 0.411 e. The van der Waals surface area contributed by atoms with Crippen molar-refractivity contribution in [2.45, 2.75) is 20.0 Å². The second kappa shape index (κ2) is 7.41. The molecule has 0 atom stereocenters. The number of amides is 1. The fourth-order valence-electron chi connectivity index (χ4n) is 2.20. The first kappa shape index (κ1) is 15.7. The average Bonchev–Trinajstić information content (AvgIpc) is 3.10. The number of benzene rings is 1. The Morgan fingerprint density at radius 3 is 2.54 bits per heavy atom. The molecule has 6 nitrogen and oxygen atoms in total. The third kappa shape index (κ3) is 4.42. The normalized spacial score (nSPS) is 10.4. The van der Waals surface area contributed by atoms with E-state index >= 15 is 0 Å². The summed E-state index contributed by atoms with van der Waals surface area (Å²) in [6.45, 7) is 2.15. The maximum Gasteiger partial charge on any atom is 0.411 e. The molecule has 0 fully saturated rings. The zero-order valence-electron chi connectivity index (χ0n) is 13.3. The molecular formula is C18H18N4O2. The zero-order valence-corrected chi connectivity index (χ0v) is 13.3. The molecule has 3 rings (SSSR count). The third-order valence-electron chi connectivity index (χ3n) is 3.51. The van der Waals surface area contributed by atoms with Crippen molar-refractivity contribution in [1.29, 1.82) is 0 Å². The van der Waals surface area contributed by atoms with E-state index in [-0.39, 0.29) is 6.61 Å². The van der Waals surface area contributed by atoms with Crippen LogP contribution in [0.3, 0.4) is 0 Å². The number of aromatic amines is 1. The summed E-state index contributed by atoms with van der Waals surface area (Å²) in [5.74, 6) is 0. The number of nitrogens with zero attached hydrogens (tertiary/aromatic N) is 2. The highest BCUT2D eigenvalue weighted by Crippen LogP contribution is 2.14. The summed E-state index contributed by atoms with van der Waals surface area (Å²) in [6, 6.07) is 11.7. The number of carbonyl (C=O) groups excluding carboxylic acids is 1. The van der Waals surface area contributed by atoms with E-state index in [2.05, 4.69) is 26.6 Å². The van der Waals surface area contributed by atoms with Gasteiger partial charge in [0.2, 0.25) is 0 Å². The molecule has 2 N–H and O–H groups in total. The first-order chi connectivity index (χ1) is 11.7. The van der Waals surface area contributed by atoms with Gasteiger partial charge in [-0.05, 0) is 42.7 Å². The van der Waals surface area contributed by atoms with E-state index < -0.39 is 6.09 Å². The van der Waals surface area contributed by atoms with Crippen LogP contribution in [0, 0.1) is 6.92 Å². The molecule has 3 aromatic rings. The SMILES string of the molecule is Cc1ccc(Cc2ccc(NC(=O)OCc3cn[nH]c3)cc2)cn1. The first-order valence-corrected chi connectivity index (χ1v) is 7.61. The molecule has 0 spiro atoms. The number of anilines is 1. The van der Waals surface area contributed by atoms with Crippen molar-refractivity contribution >= 4 is 11.8 Å². The van der Waals surface area contributed by atoms with Crippen LogP contribution < -0.4 is 5.32 Å². The number of hydrogen-bond acceptors (Lipinski definition) is 4. The summed E-state index contributed by atoms with van der Waals surface area (Å²) in [6.07, 6.45) is 5.49. The maximum absolute atomic E-state index is 11.7. The van der Waals surface area contributed by atoms with Gasteiger partial charge in [-0.25, -0.2) is 4.79 Å². The standard InChI is InChI=1S/C18H18N4O2/c1-13-2-3-15(9-19-13)8-14-4-6-17(7-5-14)22-18(23)24-12-16-10-20-21-11-16/h2-7,9-11H,8,12H2,1H3,(H,20,21)(H,22,23). The minimum atomic E-state index is -0.494. The topological polar surface area (TPSA) is 79.9 Å². The molecule has 1 aromatic carbocycles. The largest absolute Gasteiger partial charge is 0.444 e. The number of H-pyrrole nitrogens is 1. The Hall–Kier alpha value is -3.15. The second-order valence-corrected chi connectivity index (χ2v) is 5.49. The van der Waals surface area contributed by atoms with Crippen molar-refractivity contribution < 1.29 is 9.53 Å². The summed E-state index contributed by atoms with van der Waals surface area (Å²) in [5.41, 5.74) is 4.82. The monoisotopic (exact) mass is 322 g/mol. The number of rotatable bonds is 5. The Morgan fingerprint density at radius 2 is 1.88 bits per heavy atom. The highest BCUT2D eigenvalue weighted by atomic mass is 16.5. The number of hydrogen-bond donors (Lipinski definition) is 2. The van der Waals surface area contributed by atoms with Gasteiger partial charge >= 0.3 is 6.09 Å². The van der Waals surface area contributed by atoms with Crippen molar-refractivity contribution in [2.24, 2.45) is 0 Å². The molecular weight excluding hydrogens is 304 g/mol. The van der Waals surface area contributed by atoms with Gasteiger partial charge in [0.15, 0.2) is 0 Å². The molecule has 122 valence electrons. The number of pyridine rings is 1. The van der Waals surface area contributed by atoms with E-state index in [1.165, 1.54) is 0 Å². The molecule has 1 amide bonds. The lowest BCUT2D eigenvalue weighted by molar-refractivity contribution is 0.155. The molecule has 0 radical (unpaired) electrons. The molecule has 24 heavy (non-hydrogen) atoms. The second-order valence-electron chi connectivity index (χ2n) is 5.49. The molecule has 0 aliphatic rings. The van der Waals surface area contributed by atoms with Crippen LogP contribution in [0.25, 0.3) is 0 Å². The number of aryl methyl sites for hydroxylation is 1.